The van der Waals surface area contributed by atoms with Crippen molar-refractivity contribution in [3.05, 3.63) is 18.5 Å². The largest absolute Gasteiger partial charge is 0.492 e. The van der Waals surface area contributed by atoms with Crippen LogP contribution < -0.4 is 4.74 Å². The predicted octanol–water partition coefficient (Wildman–Crippen LogP) is 0.875. The molecule has 1 heterocycles. The van der Waals surface area contributed by atoms with E-state index in [4.69, 9.17) is 4.74 Å². The molecule has 0 aliphatic heterocycles. The topological polar surface area (TPSA) is 35.0 Å². The van der Waals surface area contributed by atoms with Gasteiger partial charge < -0.3 is 4.74 Å². The van der Waals surface area contributed by atoms with Crippen LogP contribution in [0.4, 0.5) is 0 Å². The van der Waals surface area contributed by atoms with Crippen LogP contribution in [0.2, 0.25) is 0 Å². The van der Waals surface area contributed by atoms with Gasteiger partial charge in [-0.05, 0) is 6.92 Å². The third-order valence-corrected chi connectivity index (χ3v) is 0.868. The SMILES string of the molecule is CCOc1ccnnc1. The van der Waals surface area contributed by atoms with Crippen LogP contribution in [0.15, 0.2) is 18.5 Å². The lowest BCUT2D eigenvalue weighted by Gasteiger charge is -1.97. The Morgan fingerprint density at radius 3 is 3.00 bits per heavy atom. The zero-order valence-electron chi connectivity index (χ0n) is 5.24. The maximum atomic E-state index is 5.10. The minimum Gasteiger partial charge on any atom is -0.492 e. The molecule has 0 N–H and O–H groups in total. The summed E-state index contributed by atoms with van der Waals surface area (Å²) < 4.78 is 5.10. The minimum absolute atomic E-state index is 0.672. The van der Waals surface area contributed by atoms with E-state index in [1.54, 1.807) is 18.5 Å². The van der Waals surface area contributed by atoms with Gasteiger partial charge in [0.25, 0.3) is 0 Å². The second-order valence-corrected chi connectivity index (χ2v) is 1.51. The van der Waals surface area contributed by atoms with E-state index in [0.717, 1.165) is 5.75 Å². The van der Waals surface area contributed by atoms with Gasteiger partial charge >= 0.3 is 0 Å². The summed E-state index contributed by atoms with van der Waals surface area (Å²) in [5.74, 6) is 0.771. The Bertz CT molecular complexity index is 164. The molecular formula is C6H8N2O. The molecule has 48 valence electrons. The van der Waals surface area contributed by atoms with Crippen molar-refractivity contribution < 1.29 is 4.74 Å². The summed E-state index contributed by atoms with van der Waals surface area (Å²) in [6, 6.07) is 1.77. The fourth-order valence-electron chi connectivity index (χ4n) is 0.531. The summed E-state index contributed by atoms with van der Waals surface area (Å²) in [4.78, 5) is 0. The summed E-state index contributed by atoms with van der Waals surface area (Å²) >= 11 is 0. The zero-order valence-corrected chi connectivity index (χ0v) is 5.24. The number of hydrogen-bond donors (Lipinski definition) is 0. The van der Waals surface area contributed by atoms with E-state index < -0.39 is 0 Å². The van der Waals surface area contributed by atoms with E-state index in [-0.39, 0.29) is 0 Å². The number of rotatable bonds is 2. The molecule has 1 aromatic heterocycles. The monoisotopic (exact) mass is 124 g/mol. The first-order valence-corrected chi connectivity index (χ1v) is 2.83. The molecule has 0 fully saturated rings. The van der Waals surface area contributed by atoms with Crippen LogP contribution in [0.25, 0.3) is 0 Å². The first-order chi connectivity index (χ1) is 4.43. The van der Waals surface area contributed by atoms with Gasteiger partial charge in [0.1, 0.15) is 5.75 Å². The fraction of sp³-hybridized carbons (Fsp3) is 0.333. The molecule has 0 bridgehead atoms. The van der Waals surface area contributed by atoms with E-state index in [2.05, 4.69) is 10.2 Å². The summed E-state index contributed by atoms with van der Waals surface area (Å²) in [6.07, 6.45) is 3.19. The molecule has 3 nitrogen and oxygen atoms in total. The molecule has 0 aliphatic rings. The van der Waals surface area contributed by atoms with Crippen LogP contribution in [0.5, 0.6) is 5.75 Å². The van der Waals surface area contributed by atoms with Crippen molar-refractivity contribution in [1.29, 1.82) is 0 Å². The summed E-state index contributed by atoms with van der Waals surface area (Å²) in [5.41, 5.74) is 0. The van der Waals surface area contributed by atoms with Gasteiger partial charge in [-0.25, -0.2) is 0 Å². The van der Waals surface area contributed by atoms with Crippen LogP contribution in [0, 0.1) is 0 Å². The van der Waals surface area contributed by atoms with Crippen molar-refractivity contribution in [2.45, 2.75) is 6.92 Å². The predicted molar refractivity (Wildman–Crippen MR) is 33.2 cm³/mol. The quantitative estimate of drug-likeness (QED) is 0.587. The highest BCUT2D eigenvalue weighted by atomic mass is 16.5. The average Bonchev–Trinajstić information content (AvgIpc) is 1.91. The Kier molecular flexibility index (Phi) is 2.01. The molecule has 0 radical (unpaired) electrons. The first kappa shape index (κ1) is 6.01. The van der Waals surface area contributed by atoms with Crippen molar-refractivity contribution in [2.24, 2.45) is 0 Å². The van der Waals surface area contributed by atoms with E-state index in [1.807, 2.05) is 6.92 Å². The van der Waals surface area contributed by atoms with Gasteiger partial charge in [0.15, 0.2) is 0 Å². The van der Waals surface area contributed by atoms with Crippen LogP contribution >= 0.6 is 0 Å². The molecule has 0 aromatic carbocycles. The minimum atomic E-state index is 0.672. The van der Waals surface area contributed by atoms with Gasteiger partial charge in [-0.3, -0.25) is 0 Å². The van der Waals surface area contributed by atoms with Crippen molar-refractivity contribution >= 4 is 0 Å². The van der Waals surface area contributed by atoms with Crippen molar-refractivity contribution in [3.63, 3.8) is 0 Å². The molecule has 0 spiro atoms. The van der Waals surface area contributed by atoms with Crippen LogP contribution in [0.1, 0.15) is 6.92 Å². The molecule has 0 atom stereocenters. The normalized spacial score (nSPS) is 9.00. The summed E-state index contributed by atoms with van der Waals surface area (Å²) in [7, 11) is 0. The van der Waals surface area contributed by atoms with E-state index in [0.29, 0.717) is 6.61 Å². The molecule has 1 rings (SSSR count). The number of aromatic nitrogens is 2. The Morgan fingerprint density at radius 1 is 1.56 bits per heavy atom. The molecule has 9 heavy (non-hydrogen) atoms. The van der Waals surface area contributed by atoms with Gasteiger partial charge in [0, 0.05) is 6.07 Å². The molecule has 1 aromatic rings. The standard InChI is InChI=1S/C6H8N2O/c1-2-9-6-3-4-7-8-5-6/h3-5H,2H2,1H3. The van der Waals surface area contributed by atoms with Crippen molar-refractivity contribution in [3.8, 4) is 5.75 Å². The molecular weight excluding hydrogens is 116 g/mol. The third-order valence-electron chi connectivity index (χ3n) is 0.868. The number of hydrogen-bond acceptors (Lipinski definition) is 3. The lowest BCUT2D eigenvalue weighted by atomic mass is 10.5. The Morgan fingerprint density at radius 2 is 2.44 bits per heavy atom. The lowest BCUT2D eigenvalue weighted by Crippen LogP contribution is -1.91. The Balaban J connectivity index is 2.61. The van der Waals surface area contributed by atoms with Gasteiger partial charge in [-0.2, -0.15) is 10.2 Å². The molecule has 0 saturated carbocycles. The fourth-order valence-corrected chi connectivity index (χ4v) is 0.531. The van der Waals surface area contributed by atoms with Gasteiger partial charge in [-0.15, -0.1) is 0 Å². The van der Waals surface area contributed by atoms with Gasteiger partial charge in [0.05, 0.1) is 19.0 Å². The molecule has 0 amide bonds. The van der Waals surface area contributed by atoms with Crippen molar-refractivity contribution in [1.82, 2.24) is 10.2 Å². The van der Waals surface area contributed by atoms with Crippen LogP contribution in [-0.4, -0.2) is 16.8 Å². The molecule has 0 saturated heterocycles. The third kappa shape index (κ3) is 1.68. The molecule has 0 aliphatic carbocycles. The van der Waals surface area contributed by atoms with Crippen LogP contribution in [-0.2, 0) is 0 Å². The van der Waals surface area contributed by atoms with Crippen molar-refractivity contribution in [2.75, 3.05) is 6.61 Å². The molecule has 3 heteroatoms. The van der Waals surface area contributed by atoms with Gasteiger partial charge in [0.2, 0.25) is 0 Å². The highest BCUT2D eigenvalue weighted by Crippen LogP contribution is 2.03. The number of ether oxygens (including phenoxy) is 1. The van der Waals surface area contributed by atoms with E-state index in [1.165, 1.54) is 0 Å². The second-order valence-electron chi connectivity index (χ2n) is 1.51. The Labute approximate surface area is 53.7 Å². The number of nitrogens with zero attached hydrogens (tertiary/aromatic N) is 2. The van der Waals surface area contributed by atoms with Gasteiger partial charge in [-0.1, -0.05) is 0 Å². The smallest absolute Gasteiger partial charge is 0.140 e. The van der Waals surface area contributed by atoms with E-state index in [9.17, 15) is 0 Å². The Hall–Kier alpha value is -1.12. The molecule has 0 unspecified atom stereocenters. The highest BCUT2D eigenvalue weighted by molar-refractivity contribution is 5.12. The second kappa shape index (κ2) is 3.02. The zero-order chi connectivity index (χ0) is 6.53. The summed E-state index contributed by atoms with van der Waals surface area (Å²) in [5, 5.41) is 7.23. The van der Waals surface area contributed by atoms with Crippen LogP contribution in [0.3, 0.4) is 0 Å². The maximum absolute atomic E-state index is 5.10. The average molecular weight is 124 g/mol. The summed E-state index contributed by atoms with van der Waals surface area (Å²) in [6.45, 7) is 2.60. The maximum Gasteiger partial charge on any atom is 0.140 e. The first-order valence-electron chi connectivity index (χ1n) is 2.83. The lowest BCUT2D eigenvalue weighted by molar-refractivity contribution is 0.338. The van der Waals surface area contributed by atoms with E-state index >= 15 is 0 Å². The highest BCUT2D eigenvalue weighted by Gasteiger charge is 1.85.